The van der Waals surface area contributed by atoms with Gasteiger partial charge in [-0.3, -0.25) is 0 Å². The molecule has 0 aliphatic rings. The van der Waals surface area contributed by atoms with Crippen molar-refractivity contribution in [1.82, 2.24) is 19.8 Å². The van der Waals surface area contributed by atoms with Crippen molar-refractivity contribution in [3.63, 3.8) is 0 Å². The molecule has 0 aliphatic heterocycles. The van der Waals surface area contributed by atoms with Crippen molar-refractivity contribution in [3.05, 3.63) is 10.8 Å². The summed E-state index contributed by atoms with van der Waals surface area (Å²) in [6.45, 7) is 4.64. The minimum absolute atomic E-state index is 0.129. The zero-order valence-corrected chi connectivity index (χ0v) is 11.1. The fraction of sp³-hybridized carbons (Fsp3) is 0.700. The molecule has 0 amide bonds. The van der Waals surface area contributed by atoms with Crippen LogP contribution < -0.4 is 5.73 Å². The molecule has 2 rings (SSSR count). The van der Waals surface area contributed by atoms with Gasteiger partial charge >= 0.3 is 0 Å². The average Bonchev–Trinajstić information content (AvgIpc) is 2.80. The molecule has 0 fully saturated rings. The number of fused-ring (bicyclic) bond motifs is 1. The third-order valence-electron chi connectivity index (χ3n) is 2.64. The molecule has 2 heterocycles. The molecule has 0 spiro atoms. The quantitative estimate of drug-likeness (QED) is 0.857. The van der Waals surface area contributed by atoms with Crippen molar-refractivity contribution in [2.75, 3.05) is 7.11 Å². The number of nitrogens with two attached hydrogens (primary N) is 1. The first kappa shape index (κ1) is 12.4. The number of hydrogen-bond donors (Lipinski definition) is 1. The van der Waals surface area contributed by atoms with Gasteiger partial charge in [0.15, 0.2) is 5.82 Å². The first-order valence-corrected chi connectivity index (χ1v) is 6.38. The second-order valence-corrected chi connectivity index (χ2v) is 5.39. The van der Waals surface area contributed by atoms with Crippen molar-refractivity contribution in [2.24, 2.45) is 11.7 Å². The maximum atomic E-state index is 6.03. The zero-order valence-electron chi connectivity index (χ0n) is 10.3. The Kier molecular flexibility index (Phi) is 3.70. The SMILES string of the molecule is COCc1nnc2sc(CC(N)C(C)C)nn12. The summed E-state index contributed by atoms with van der Waals surface area (Å²) in [6, 6.07) is 0.129. The van der Waals surface area contributed by atoms with Crippen molar-refractivity contribution in [3.8, 4) is 0 Å². The molecule has 0 saturated carbocycles. The third kappa shape index (κ3) is 2.62. The first-order chi connectivity index (χ1) is 8.11. The Labute approximate surface area is 104 Å². The highest BCUT2D eigenvalue weighted by Gasteiger charge is 2.15. The van der Waals surface area contributed by atoms with E-state index in [-0.39, 0.29) is 6.04 Å². The van der Waals surface area contributed by atoms with Gasteiger partial charge in [-0.1, -0.05) is 25.2 Å². The summed E-state index contributed by atoms with van der Waals surface area (Å²) < 4.78 is 6.77. The van der Waals surface area contributed by atoms with E-state index >= 15 is 0 Å². The Hall–Kier alpha value is -1.05. The molecule has 94 valence electrons. The highest BCUT2D eigenvalue weighted by Crippen LogP contribution is 2.17. The Morgan fingerprint density at radius 2 is 2.18 bits per heavy atom. The van der Waals surface area contributed by atoms with E-state index in [1.165, 1.54) is 11.3 Å². The minimum Gasteiger partial charge on any atom is -0.377 e. The van der Waals surface area contributed by atoms with Gasteiger partial charge in [0.1, 0.15) is 11.6 Å². The van der Waals surface area contributed by atoms with Crippen molar-refractivity contribution < 1.29 is 4.74 Å². The second kappa shape index (κ2) is 5.07. The van der Waals surface area contributed by atoms with Crippen LogP contribution in [-0.2, 0) is 17.8 Å². The summed E-state index contributed by atoms with van der Waals surface area (Å²) in [6.07, 6.45) is 0.776. The monoisotopic (exact) mass is 255 g/mol. The molecule has 0 saturated heterocycles. The van der Waals surface area contributed by atoms with Gasteiger partial charge in [-0.05, 0) is 5.92 Å². The van der Waals surface area contributed by atoms with Crippen LogP contribution in [0.1, 0.15) is 24.7 Å². The highest BCUT2D eigenvalue weighted by molar-refractivity contribution is 7.16. The van der Waals surface area contributed by atoms with Gasteiger partial charge in [-0.2, -0.15) is 9.61 Å². The predicted molar refractivity (Wildman–Crippen MR) is 65.9 cm³/mol. The Balaban J connectivity index is 2.20. The van der Waals surface area contributed by atoms with Crippen molar-refractivity contribution in [2.45, 2.75) is 32.9 Å². The van der Waals surface area contributed by atoms with Crippen LogP contribution in [0.4, 0.5) is 0 Å². The van der Waals surface area contributed by atoms with E-state index in [9.17, 15) is 0 Å². The summed E-state index contributed by atoms with van der Waals surface area (Å²) in [5, 5.41) is 13.5. The van der Waals surface area contributed by atoms with Crippen molar-refractivity contribution in [1.29, 1.82) is 0 Å². The maximum Gasteiger partial charge on any atom is 0.234 e. The molecular formula is C10H17N5OS. The van der Waals surface area contributed by atoms with E-state index in [1.807, 2.05) is 0 Å². The van der Waals surface area contributed by atoms with Gasteiger partial charge in [-0.15, -0.1) is 10.2 Å². The van der Waals surface area contributed by atoms with E-state index in [4.69, 9.17) is 10.5 Å². The fourth-order valence-corrected chi connectivity index (χ4v) is 2.36. The lowest BCUT2D eigenvalue weighted by atomic mass is 10.0. The van der Waals surface area contributed by atoms with E-state index < -0.39 is 0 Å². The minimum atomic E-state index is 0.129. The molecule has 17 heavy (non-hydrogen) atoms. The van der Waals surface area contributed by atoms with Crippen LogP contribution in [0.25, 0.3) is 4.96 Å². The van der Waals surface area contributed by atoms with E-state index in [0.717, 1.165) is 22.2 Å². The van der Waals surface area contributed by atoms with Crippen LogP contribution in [0.3, 0.4) is 0 Å². The molecule has 0 radical (unpaired) electrons. The molecule has 0 bridgehead atoms. The average molecular weight is 255 g/mol. The largest absolute Gasteiger partial charge is 0.377 e. The highest BCUT2D eigenvalue weighted by atomic mass is 32.1. The summed E-state index contributed by atoms with van der Waals surface area (Å²) in [5.74, 6) is 1.17. The van der Waals surface area contributed by atoms with E-state index in [1.54, 1.807) is 11.6 Å². The van der Waals surface area contributed by atoms with Gasteiger partial charge in [0.2, 0.25) is 4.96 Å². The Bertz CT molecular complexity index is 492. The summed E-state index contributed by atoms with van der Waals surface area (Å²) in [4.78, 5) is 0.794. The molecule has 2 aromatic heterocycles. The second-order valence-electron chi connectivity index (χ2n) is 4.35. The topological polar surface area (TPSA) is 78.3 Å². The third-order valence-corrected chi connectivity index (χ3v) is 3.56. The van der Waals surface area contributed by atoms with Crippen molar-refractivity contribution >= 4 is 16.3 Å². The lowest BCUT2D eigenvalue weighted by Crippen LogP contribution is -2.28. The molecule has 6 nitrogen and oxygen atoms in total. The fourth-order valence-electron chi connectivity index (χ4n) is 1.44. The number of methoxy groups -OCH3 is 1. The smallest absolute Gasteiger partial charge is 0.234 e. The number of aromatic nitrogens is 4. The first-order valence-electron chi connectivity index (χ1n) is 5.56. The molecule has 1 atom stereocenters. The Morgan fingerprint density at radius 3 is 2.82 bits per heavy atom. The molecule has 0 aromatic carbocycles. The summed E-state index contributed by atoms with van der Waals surface area (Å²) in [5.41, 5.74) is 6.03. The lowest BCUT2D eigenvalue weighted by molar-refractivity contribution is 0.176. The van der Waals surface area contributed by atoms with Gasteiger partial charge in [-0.25, -0.2) is 0 Å². The van der Waals surface area contributed by atoms with E-state index in [2.05, 4.69) is 29.1 Å². The maximum absolute atomic E-state index is 6.03. The number of rotatable bonds is 5. The van der Waals surface area contributed by atoms with E-state index in [0.29, 0.717) is 12.5 Å². The van der Waals surface area contributed by atoms with Crippen LogP contribution >= 0.6 is 11.3 Å². The van der Waals surface area contributed by atoms with Crippen LogP contribution in [0.2, 0.25) is 0 Å². The molecule has 2 N–H and O–H groups in total. The van der Waals surface area contributed by atoms with Gasteiger partial charge < -0.3 is 10.5 Å². The van der Waals surface area contributed by atoms with Crippen LogP contribution in [0.5, 0.6) is 0 Å². The molecule has 1 unspecified atom stereocenters. The number of nitrogens with zero attached hydrogens (tertiary/aromatic N) is 4. The molecule has 2 aromatic rings. The summed E-state index contributed by atoms with van der Waals surface area (Å²) in [7, 11) is 1.63. The molecular weight excluding hydrogens is 238 g/mol. The summed E-state index contributed by atoms with van der Waals surface area (Å²) >= 11 is 1.53. The van der Waals surface area contributed by atoms with Gasteiger partial charge in [0.05, 0.1) is 0 Å². The normalized spacial score (nSPS) is 13.7. The molecule has 0 aliphatic carbocycles. The van der Waals surface area contributed by atoms with Crippen LogP contribution in [0, 0.1) is 5.92 Å². The van der Waals surface area contributed by atoms with Crippen LogP contribution in [0.15, 0.2) is 0 Å². The Morgan fingerprint density at radius 1 is 1.41 bits per heavy atom. The van der Waals surface area contributed by atoms with Crippen LogP contribution in [-0.4, -0.2) is 33.0 Å². The standard InChI is InChI=1S/C10H17N5OS/c1-6(2)7(11)4-9-14-15-8(5-16-3)12-13-10(15)17-9/h6-7H,4-5,11H2,1-3H3. The van der Waals surface area contributed by atoms with Gasteiger partial charge in [0.25, 0.3) is 0 Å². The zero-order chi connectivity index (χ0) is 12.4. The lowest BCUT2D eigenvalue weighted by Gasteiger charge is -2.12. The molecule has 7 heteroatoms. The predicted octanol–water partition coefficient (Wildman–Crippen LogP) is 0.858. The number of ether oxygens (including phenoxy) is 1. The number of hydrogen-bond acceptors (Lipinski definition) is 6. The van der Waals surface area contributed by atoms with Gasteiger partial charge in [0, 0.05) is 19.6 Å².